The predicted octanol–water partition coefficient (Wildman–Crippen LogP) is 10.1. The second-order valence-electron chi connectivity index (χ2n) is 10.9. The SMILES string of the molecule is O=C1C(=Cc2ccc(N(c3ccccc3)c3ccc4ccccc4c3)c3ccccc23)C(=O)c2cc3ccccc3cc21. The average Bonchev–Trinajstić information content (AvgIpc) is 3.29. The molecule has 0 aromatic heterocycles. The molecule has 0 fully saturated rings. The van der Waals surface area contributed by atoms with Crippen molar-refractivity contribution in [2.45, 2.75) is 0 Å². The van der Waals surface area contributed by atoms with E-state index >= 15 is 0 Å². The van der Waals surface area contributed by atoms with Gasteiger partial charge in [-0.15, -0.1) is 0 Å². The van der Waals surface area contributed by atoms with E-state index in [1.165, 1.54) is 5.39 Å². The molecular formula is C40H25NO2. The van der Waals surface area contributed by atoms with Crippen LogP contribution in [-0.4, -0.2) is 11.6 Å². The molecule has 0 saturated carbocycles. The molecule has 0 N–H and O–H groups in total. The van der Waals surface area contributed by atoms with Crippen LogP contribution < -0.4 is 4.90 Å². The minimum atomic E-state index is -0.221. The summed E-state index contributed by atoms with van der Waals surface area (Å²) in [6, 6.07) is 49.0. The fraction of sp³-hybridized carbons (Fsp3) is 0. The number of allylic oxidation sites excluding steroid dienone is 1. The van der Waals surface area contributed by atoms with E-state index in [-0.39, 0.29) is 17.1 Å². The van der Waals surface area contributed by atoms with Gasteiger partial charge in [0, 0.05) is 27.9 Å². The van der Waals surface area contributed by atoms with Gasteiger partial charge < -0.3 is 4.90 Å². The van der Waals surface area contributed by atoms with Gasteiger partial charge in [-0.25, -0.2) is 0 Å². The zero-order chi connectivity index (χ0) is 28.9. The number of hydrogen-bond donors (Lipinski definition) is 0. The van der Waals surface area contributed by atoms with Gasteiger partial charge in [0.25, 0.3) is 0 Å². The lowest BCUT2D eigenvalue weighted by Gasteiger charge is -2.27. The molecule has 3 nitrogen and oxygen atoms in total. The highest BCUT2D eigenvalue weighted by atomic mass is 16.2. The van der Waals surface area contributed by atoms with Gasteiger partial charge in [-0.05, 0) is 81.0 Å². The number of carbonyl (C=O) groups excluding carboxylic acids is 2. The summed E-state index contributed by atoms with van der Waals surface area (Å²) < 4.78 is 0. The number of Topliss-reactive ketones (excluding diaryl/α,β-unsaturated/α-hetero) is 2. The summed E-state index contributed by atoms with van der Waals surface area (Å²) >= 11 is 0. The molecule has 0 heterocycles. The molecule has 7 aromatic rings. The summed E-state index contributed by atoms with van der Waals surface area (Å²) in [5.74, 6) is -0.443. The largest absolute Gasteiger partial charge is 0.310 e. The molecule has 7 aromatic carbocycles. The third-order valence-corrected chi connectivity index (χ3v) is 8.35. The van der Waals surface area contributed by atoms with E-state index in [1.807, 2.05) is 72.8 Å². The number of rotatable bonds is 4. The number of fused-ring (bicyclic) bond motifs is 4. The van der Waals surface area contributed by atoms with E-state index < -0.39 is 0 Å². The van der Waals surface area contributed by atoms with Crippen molar-refractivity contribution in [3.8, 4) is 0 Å². The van der Waals surface area contributed by atoms with Gasteiger partial charge >= 0.3 is 0 Å². The van der Waals surface area contributed by atoms with E-state index in [0.29, 0.717) is 11.1 Å². The highest BCUT2D eigenvalue weighted by Gasteiger charge is 2.33. The molecule has 0 unspecified atom stereocenters. The summed E-state index contributed by atoms with van der Waals surface area (Å²) in [6.45, 7) is 0. The quantitative estimate of drug-likeness (QED) is 0.161. The Morgan fingerprint density at radius 1 is 0.442 bits per heavy atom. The Kier molecular flexibility index (Phi) is 5.76. The van der Waals surface area contributed by atoms with Crippen LogP contribution in [0.15, 0.2) is 151 Å². The number of hydrogen-bond acceptors (Lipinski definition) is 3. The Morgan fingerprint density at radius 2 is 1.00 bits per heavy atom. The minimum absolute atomic E-state index is 0.206. The molecule has 0 saturated heterocycles. The summed E-state index contributed by atoms with van der Waals surface area (Å²) in [4.78, 5) is 29.4. The number of anilines is 3. The Hall–Kier alpha value is -5.80. The van der Waals surface area contributed by atoms with E-state index in [4.69, 9.17) is 0 Å². The Morgan fingerprint density at radius 3 is 1.67 bits per heavy atom. The third-order valence-electron chi connectivity index (χ3n) is 8.35. The van der Waals surface area contributed by atoms with Gasteiger partial charge in [-0.2, -0.15) is 0 Å². The molecule has 43 heavy (non-hydrogen) atoms. The lowest BCUT2D eigenvalue weighted by atomic mass is 9.98. The Bertz CT molecular complexity index is 2220. The summed E-state index contributed by atoms with van der Waals surface area (Å²) in [5, 5.41) is 6.25. The van der Waals surface area contributed by atoms with E-state index in [0.717, 1.165) is 49.6 Å². The van der Waals surface area contributed by atoms with Crippen LogP contribution in [0.2, 0.25) is 0 Å². The average molecular weight is 552 g/mol. The number of ketones is 2. The monoisotopic (exact) mass is 551 g/mol. The molecule has 0 aliphatic heterocycles. The van der Waals surface area contributed by atoms with E-state index in [9.17, 15) is 9.59 Å². The standard InChI is InChI=1S/C40H25NO2/c42-39-35-23-28-12-6-7-13-29(28)24-36(35)40(43)37(39)25-30-19-21-38(34-17-9-8-16-33(30)34)41(31-14-2-1-3-15-31)32-20-18-26-10-4-5-11-27(26)22-32/h1-25H. The van der Waals surface area contributed by atoms with Gasteiger partial charge in [0.05, 0.1) is 11.3 Å². The van der Waals surface area contributed by atoms with Crippen molar-refractivity contribution in [3.05, 3.63) is 168 Å². The van der Waals surface area contributed by atoms with Gasteiger partial charge in [0.15, 0.2) is 11.6 Å². The molecule has 0 spiro atoms. The van der Waals surface area contributed by atoms with E-state index in [2.05, 4.69) is 77.7 Å². The van der Waals surface area contributed by atoms with Crippen molar-refractivity contribution in [2.75, 3.05) is 4.90 Å². The van der Waals surface area contributed by atoms with Crippen molar-refractivity contribution < 1.29 is 9.59 Å². The first-order valence-electron chi connectivity index (χ1n) is 14.4. The maximum absolute atomic E-state index is 13.5. The van der Waals surface area contributed by atoms with Crippen molar-refractivity contribution in [1.29, 1.82) is 0 Å². The lowest BCUT2D eigenvalue weighted by Crippen LogP contribution is -2.10. The van der Waals surface area contributed by atoms with Crippen molar-refractivity contribution in [1.82, 2.24) is 0 Å². The molecule has 0 bridgehead atoms. The molecule has 1 aliphatic carbocycles. The number of benzene rings is 7. The van der Waals surface area contributed by atoms with Gasteiger partial charge in [0.2, 0.25) is 0 Å². The molecule has 3 heteroatoms. The predicted molar refractivity (Wildman–Crippen MR) is 177 cm³/mol. The zero-order valence-corrected chi connectivity index (χ0v) is 23.2. The molecular weight excluding hydrogens is 526 g/mol. The van der Waals surface area contributed by atoms with Crippen LogP contribution in [0.3, 0.4) is 0 Å². The van der Waals surface area contributed by atoms with Crippen LogP contribution >= 0.6 is 0 Å². The normalized spacial score (nSPS) is 12.7. The highest BCUT2D eigenvalue weighted by molar-refractivity contribution is 6.42. The van der Waals surface area contributed by atoms with Crippen LogP contribution in [0.4, 0.5) is 17.1 Å². The zero-order valence-electron chi connectivity index (χ0n) is 23.2. The fourth-order valence-corrected chi connectivity index (χ4v) is 6.24. The van der Waals surface area contributed by atoms with Gasteiger partial charge in [-0.1, -0.05) is 103 Å². The van der Waals surface area contributed by atoms with Crippen molar-refractivity contribution in [3.63, 3.8) is 0 Å². The smallest absolute Gasteiger partial charge is 0.197 e. The number of para-hydroxylation sites is 1. The Labute approximate surface area is 248 Å². The molecule has 0 amide bonds. The molecule has 202 valence electrons. The van der Waals surface area contributed by atoms with Crippen LogP contribution in [-0.2, 0) is 0 Å². The van der Waals surface area contributed by atoms with Crippen molar-refractivity contribution in [2.24, 2.45) is 0 Å². The second kappa shape index (κ2) is 9.93. The van der Waals surface area contributed by atoms with Crippen LogP contribution in [0, 0.1) is 0 Å². The molecule has 0 atom stereocenters. The first-order valence-corrected chi connectivity index (χ1v) is 14.4. The molecule has 8 rings (SSSR count). The topological polar surface area (TPSA) is 37.4 Å². The van der Waals surface area contributed by atoms with Gasteiger partial charge in [0.1, 0.15) is 0 Å². The summed E-state index contributed by atoms with van der Waals surface area (Å²) in [6.07, 6.45) is 1.77. The number of nitrogens with zero attached hydrogens (tertiary/aromatic N) is 1. The van der Waals surface area contributed by atoms with Crippen LogP contribution in [0.25, 0.3) is 38.4 Å². The second-order valence-corrected chi connectivity index (χ2v) is 10.9. The highest BCUT2D eigenvalue weighted by Crippen LogP contribution is 2.41. The summed E-state index contributed by atoms with van der Waals surface area (Å²) in [5.41, 5.74) is 5.09. The summed E-state index contributed by atoms with van der Waals surface area (Å²) in [7, 11) is 0. The third kappa shape index (κ3) is 4.13. The first-order chi connectivity index (χ1) is 21.2. The first kappa shape index (κ1) is 25.0. The maximum atomic E-state index is 13.5. The lowest BCUT2D eigenvalue weighted by molar-refractivity contribution is 0.0990. The Balaban J connectivity index is 1.29. The maximum Gasteiger partial charge on any atom is 0.197 e. The van der Waals surface area contributed by atoms with Crippen LogP contribution in [0.1, 0.15) is 26.3 Å². The van der Waals surface area contributed by atoms with Crippen molar-refractivity contribution >= 4 is 67.0 Å². The minimum Gasteiger partial charge on any atom is -0.310 e. The van der Waals surface area contributed by atoms with Crippen LogP contribution in [0.5, 0.6) is 0 Å². The molecule has 0 radical (unpaired) electrons. The number of carbonyl (C=O) groups is 2. The fourth-order valence-electron chi connectivity index (χ4n) is 6.24. The van der Waals surface area contributed by atoms with E-state index in [1.54, 1.807) is 6.08 Å². The van der Waals surface area contributed by atoms with Gasteiger partial charge in [-0.3, -0.25) is 9.59 Å². The molecule has 1 aliphatic rings.